The van der Waals surface area contributed by atoms with Gasteiger partial charge in [-0.1, -0.05) is 127 Å². The van der Waals surface area contributed by atoms with Gasteiger partial charge in [0.1, 0.15) is 6.61 Å². The topological polar surface area (TPSA) is 72.8 Å². The molecule has 0 radical (unpaired) electrons. The van der Waals surface area contributed by atoms with Crippen LogP contribution in [-0.4, -0.2) is 36.4 Å². The predicted molar refractivity (Wildman–Crippen MR) is 173 cm³/mol. The molecular formula is C36H62O5. The summed E-state index contributed by atoms with van der Waals surface area (Å²) in [5.74, 6) is -0.636. The molecule has 0 aliphatic heterocycles. The maximum absolute atomic E-state index is 12.1. The first-order valence-electron chi connectivity index (χ1n) is 16.7. The molecule has 0 aromatic carbocycles. The van der Waals surface area contributed by atoms with Crippen molar-refractivity contribution in [3.8, 4) is 0 Å². The summed E-state index contributed by atoms with van der Waals surface area (Å²) in [6, 6.07) is 0. The molecule has 0 aromatic rings. The smallest absolute Gasteiger partial charge is 0.306 e. The quantitative estimate of drug-likeness (QED) is 0.0547. The van der Waals surface area contributed by atoms with Gasteiger partial charge in [0.25, 0.3) is 0 Å². The zero-order chi connectivity index (χ0) is 30.1. The Kier molecular flexibility index (Phi) is 30.7. The van der Waals surface area contributed by atoms with Crippen LogP contribution in [0.4, 0.5) is 0 Å². The highest BCUT2D eigenvalue weighted by molar-refractivity contribution is 5.70. The van der Waals surface area contributed by atoms with Gasteiger partial charge in [0, 0.05) is 12.8 Å². The SMILES string of the molecule is CCCCC/C=C/C/C=C/C/C=C/C/C=C/CCCCCC(=O)O[C@@H](CO)COC(=O)CCCCCCCCCC. The normalized spacial score (nSPS) is 12.8. The molecule has 0 rings (SSSR count). The molecule has 0 aliphatic carbocycles. The standard InChI is InChI=1S/C36H62O5/c1-3-5-7-9-11-13-14-15-16-17-18-19-20-21-22-23-25-27-29-31-36(39)41-34(32-37)33-40-35(38)30-28-26-24-12-10-8-6-4-2/h11,13,15-16,18-19,21-22,34,37H,3-10,12,14,17,20,23-33H2,1-2H3/b13-11+,16-15+,19-18+,22-21+/t34-/m0/s1. The van der Waals surface area contributed by atoms with Crippen LogP contribution in [-0.2, 0) is 19.1 Å². The van der Waals surface area contributed by atoms with Crippen molar-refractivity contribution in [3.63, 3.8) is 0 Å². The number of hydrogen-bond acceptors (Lipinski definition) is 5. The molecule has 236 valence electrons. The van der Waals surface area contributed by atoms with Gasteiger partial charge in [-0.2, -0.15) is 0 Å². The van der Waals surface area contributed by atoms with E-state index >= 15 is 0 Å². The molecule has 0 aliphatic rings. The summed E-state index contributed by atoms with van der Waals surface area (Å²) in [5.41, 5.74) is 0. The molecule has 0 spiro atoms. The first-order valence-corrected chi connectivity index (χ1v) is 16.7. The van der Waals surface area contributed by atoms with Crippen molar-refractivity contribution < 1.29 is 24.2 Å². The summed E-state index contributed by atoms with van der Waals surface area (Å²) < 4.78 is 10.5. The van der Waals surface area contributed by atoms with Gasteiger partial charge in [-0.25, -0.2) is 0 Å². The van der Waals surface area contributed by atoms with Crippen molar-refractivity contribution in [3.05, 3.63) is 48.6 Å². The van der Waals surface area contributed by atoms with Gasteiger partial charge in [0.15, 0.2) is 6.10 Å². The third kappa shape index (κ3) is 30.6. The Morgan fingerprint density at radius 2 is 0.976 bits per heavy atom. The van der Waals surface area contributed by atoms with Gasteiger partial charge in [-0.15, -0.1) is 0 Å². The van der Waals surface area contributed by atoms with Crippen LogP contribution >= 0.6 is 0 Å². The van der Waals surface area contributed by atoms with Gasteiger partial charge < -0.3 is 14.6 Å². The summed E-state index contributed by atoms with van der Waals surface area (Å²) >= 11 is 0. The molecule has 0 fully saturated rings. The minimum Gasteiger partial charge on any atom is -0.462 e. The second-order valence-electron chi connectivity index (χ2n) is 10.9. The average Bonchev–Trinajstić information content (AvgIpc) is 2.97. The highest BCUT2D eigenvalue weighted by atomic mass is 16.6. The minimum absolute atomic E-state index is 0.0792. The monoisotopic (exact) mass is 574 g/mol. The summed E-state index contributed by atoms with van der Waals surface area (Å²) in [6.45, 7) is 4.02. The van der Waals surface area contributed by atoms with Crippen molar-refractivity contribution in [2.45, 2.75) is 155 Å². The Labute approximate surface area is 252 Å². The Hall–Kier alpha value is -2.14. The lowest BCUT2D eigenvalue weighted by molar-refractivity contribution is -0.161. The molecule has 0 bridgehead atoms. The van der Waals surface area contributed by atoms with Crippen LogP contribution in [0.1, 0.15) is 149 Å². The number of carbonyl (C=O) groups is 2. The second kappa shape index (κ2) is 32.4. The van der Waals surface area contributed by atoms with Gasteiger partial charge in [0.2, 0.25) is 0 Å². The fraction of sp³-hybridized carbons (Fsp3) is 0.722. The maximum Gasteiger partial charge on any atom is 0.306 e. The van der Waals surface area contributed by atoms with E-state index in [0.717, 1.165) is 64.2 Å². The summed E-state index contributed by atoms with van der Waals surface area (Å²) in [7, 11) is 0. The molecule has 0 aromatic heterocycles. The van der Waals surface area contributed by atoms with Crippen LogP contribution in [0.15, 0.2) is 48.6 Å². The molecule has 0 saturated carbocycles. The van der Waals surface area contributed by atoms with Crippen LogP contribution in [0.25, 0.3) is 0 Å². The molecule has 0 heterocycles. The summed E-state index contributed by atoms with van der Waals surface area (Å²) in [6.07, 6.45) is 38.8. The van der Waals surface area contributed by atoms with E-state index in [9.17, 15) is 14.7 Å². The number of aliphatic hydroxyl groups excluding tert-OH is 1. The first kappa shape index (κ1) is 38.9. The number of hydrogen-bond donors (Lipinski definition) is 1. The van der Waals surface area contributed by atoms with Crippen molar-refractivity contribution >= 4 is 11.9 Å². The number of ether oxygens (including phenoxy) is 2. The van der Waals surface area contributed by atoms with Crippen LogP contribution in [0.2, 0.25) is 0 Å². The van der Waals surface area contributed by atoms with Crippen molar-refractivity contribution in [2.75, 3.05) is 13.2 Å². The fourth-order valence-corrected chi connectivity index (χ4v) is 4.30. The number of aliphatic hydroxyl groups is 1. The lowest BCUT2D eigenvalue weighted by atomic mass is 10.1. The highest BCUT2D eigenvalue weighted by Gasteiger charge is 2.16. The molecule has 1 N–H and O–H groups in total. The van der Waals surface area contributed by atoms with E-state index in [1.165, 1.54) is 57.8 Å². The van der Waals surface area contributed by atoms with Crippen molar-refractivity contribution in [1.29, 1.82) is 0 Å². The Morgan fingerprint density at radius 3 is 1.51 bits per heavy atom. The van der Waals surface area contributed by atoms with E-state index in [1.54, 1.807) is 0 Å². The second-order valence-corrected chi connectivity index (χ2v) is 10.9. The molecule has 1 atom stereocenters. The van der Waals surface area contributed by atoms with Gasteiger partial charge >= 0.3 is 11.9 Å². The molecule has 0 saturated heterocycles. The highest BCUT2D eigenvalue weighted by Crippen LogP contribution is 2.11. The molecule has 5 heteroatoms. The van der Waals surface area contributed by atoms with Crippen molar-refractivity contribution in [2.24, 2.45) is 0 Å². The lowest BCUT2D eigenvalue weighted by Crippen LogP contribution is -2.28. The van der Waals surface area contributed by atoms with E-state index in [4.69, 9.17) is 9.47 Å². The lowest BCUT2D eigenvalue weighted by Gasteiger charge is -2.15. The molecule has 0 unspecified atom stereocenters. The molecule has 0 amide bonds. The molecular weight excluding hydrogens is 512 g/mol. The van der Waals surface area contributed by atoms with Crippen LogP contribution in [0, 0.1) is 0 Å². The Balaban J connectivity index is 3.68. The number of allylic oxidation sites excluding steroid dienone is 8. The zero-order valence-electron chi connectivity index (χ0n) is 26.5. The summed E-state index contributed by atoms with van der Waals surface area (Å²) in [4.78, 5) is 24.0. The maximum atomic E-state index is 12.1. The third-order valence-corrected chi connectivity index (χ3v) is 6.88. The van der Waals surface area contributed by atoms with Crippen molar-refractivity contribution in [1.82, 2.24) is 0 Å². The molecule has 41 heavy (non-hydrogen) atoms. The van der Waals surface area contributed by atoms with Gasteiger partial charge in [0.05, 0.1) is 6.61 Å². The number of carbonyl (C=O) groups excluding carboxylic acids is 2. The van der Waals surface area contributed by atoms with E-state index in [-0.39, 0.29) is 25.2 Å². The van der Waals surface area contributed by atoms with E-state index in [0.29, 0.717) is 12.8 Å². The zero-order valence-corrected chi connectivity index (χ0v) is 26.5. The Morgan fingerprint density at radius 1 is 0.561 bits per heavy atom. The Bertz CT molecular complexity index is 707. The largest absolute Gasteiger partial charge is 0.462 e. The fourth-order valence-electron chi connectivity index (χ4n) is 4.30. The predicted octanol–water partition coefficient (Wildman–Crippen LogP) is 9.89. The third-order valence-electron chi connectivity index (χ3n) is 6.88. The average molecular weight is 575 g/mol. The van der Waals surface area contributed by atoms with E-state index < -0.39 is 6.10 Å². The molecule has 5 nitrogen and oxygen atoms in total. The first-order chi connectivity index (χ1) is 20.1. The van der Waals surface area contributed by atoms with E-state index in [2.05, 4.69) is 62.5 Å². The minimum atomic E-state index is -0.784. The number of esters is 2. The number of rotatable bonds is 29. The van der Waals surface area contributed by atoms with Crippen LogP contribution in [0.5, 0.6) is 0 Å². The van der Waals surface area contributed by atoms with Crippen LogP contribution < -0.4 is 0 Å². The summed E-state index contributed by atoms with van der Waals surface area (Å²) in [5, 5.41) is 9.47. The number of unbranched alkanes of at least 4 members (excludes halogenated alkanes) is 13. The van der Waals surface area contributed by atoms with E-state index in [1.807, 2.05) is 0 Å². The van der Waals surface area contributed by atoms with Crippen LogP contribution in [0.3, 0.4) is 0 Å². The van der Waals surface area contributed by atoms with Gasteiger partial charge in [-0.05, 0) is 57.8 Å². The van der Waals surface area contributed by atoms with Gasteiger partial charge in [-0.3, -0.25) is 9.59 Å².